The number of nitrogens with one attached hydrogen (secondary N) is 1. The summed E-state index contributed by atoms with van der Waals surface area (Å²) in [4.78, 5) is 4.26. The van der Waals surface area contributed by atoms with Gasteiger partial charge in [0.05, 0.1) is 31.7 Å². The van der Waals surface area contributed by atoms with Gasteiger partial charge in [0, 0.05) is 25.1 Å². The lowest BCUT2D eigenvalue weighted by Gasteiger charge is -2.36. The average molecular weight is 315 g/mol. The molecular weight excluding hydrogens is 292 g/mol. The summed E-state index contributed by atoms with van der Waals surface area (Å²) in [5.74, 6) is 0.539. The van der Waals surface area contributed by atoms with Crippen molar-refractivity contribution in [3.8, 4) is 5.75 Å². The Kier molecular flexibility index (Phi) is 5.30. The molecule has 0 unspecified atom stereocenters. The standard InChI is InChI=1S/C15H22N2O3.ClH/c1-11-14(18-2)13(5-8-16-11)17-12-3-6-15(7-4-12)19-9-10-20-15;/h5,8,12H,3-4,6-7,9-10H2,1-2H3,(H,16,17);1H. The molecule has 1 aliphatic heterocycles. The highest BCUT2D eigenvalue weighted by molar-refractivity contribution is 5.85. The second-order valence-corrected chi connectivity index (χ2v) is 5.50. The van der Waals surface area contributed by atoms with Gasteiger partial charge in [-0.3, -0.25) is 4.98 Å². The molecule has 1 aromatic rings. The first-order chi connectivity index (χ1) is 9.72. The Morgan fingerprint density at radius 2 is 1.95 bits per heavy atom. The Labute approximate surface area is 131 Å². The number of halogens is 1. The number of nitrogens with zero attached hydrogens (tertiary/aromatic N) is 1. The maximum Gasteiger partial charge on any atom is 0.168 e. The Morgan fingerprint density at radius 1 is 1.29 bits per heavy atom. The van der Waals surface area contributed by atoms with Crippen LogP contribution < -0.4 is 10.1 Å². The number of hydrogen-bond donors (Lipinski definition) is 1. The van der Waals surface area contributed by atoms with Crippen molar-refractivity contribution in [3.05, 3.63) is 18.0 Å². The van der Waals surface area contributed by atoms with Crippen LogP contribution in [0.3, 0.4) is 0 Å². The number of ether oxygens (including phenoxy) is 3. The average Bonchev–Trinajstić information content (AvgIpc) is 2.90. The normalized spacial score (nSPS) is 21.0. The third-order valence-electron chi connectivity index (χ3n) is 4.21. The molecule has 1 N–H and O–H groups in total. The SMILES string of the molecule is COc1c(NC2CCC3(CC2)OCCO3)ccnc1C.Cl. The molecular formula is C15H23ClN2O3. The van der Waals surface area contributed by atoms with E-state index in [0.29, 0.717) is 6.04 Å². The molecule has 1 spiro atoms. The van der Waals surface area contributed by atoms with Crippen molar-refractivity contribution in [1.29, 1.82) is 0 Å². The van der Waals surface area contributed by atoms with Crippen LogP contribution in [0.1, 0.15) is 31.4 Å². The molecule has 0 amide bonds. The van der Waals surface area contributed by atoms with Gasteiger partial charge >= 0.3 is 0 Å². The summed E-state index contributed by atoms with van der Waals surface area (Å²) in [6.07, 6.45) is 5.82. The number of hydrogen-bond acceptors (Lipinski definition) is 5. The van der Waals surface area contributed by atoms with E-state index in [1.807, 2.05) is 19.2 Å². The van der Waals surface area contributed by atoms with Gasteiger partial charge in [0.2, 0.25) is 0 Å². The monoisotopic (exact) mass is 314 g/mol. The third kappa shape index (κ3) is 3.42. The summed E-state index contributed by atoms with van der Waals surface area (Å²) in [6, 6.07) is 2.41. The lowest BCUT2D eigenvalue weighted by Crippen LogP contribution is -2.39. The van der Waals surface area contributed by atoms with Gasteiger partial charge in [-0.25, -0.2) is 0 Å². The highest BCUT2D eigenvalue weighted by Crippen LogP contribution is 2.37. The van der Waals surface area contributed by atoms with E-state index >= 15 is 0 Å². The zero-order chi connectivity index (χ0) is 14.0. The van der Waals surface area contributed by atoms with E-state index in [9.17, 15) is 0 Å². The molecule has 2 heterocycles. The molecule has 0 aromatic carbocycles. The van der Waals surface area contributed by atoms with E-state index in [4.69, 9.17) is 14.2 Å². The van der Waals surface area contributed by atoms with Crippen LogP contribution in [0.2, 0.25) is 0 Å². The van der Waals surface area contributed by atoms with Gasteiger partial charge in [-0.15, -0.1) is 12.4 Å². The molecule has 3 rings (SSSR count). The van der Waals surface area contributed by atoms with Crippen LogP contribution in [0.25, 0.3) is 0 Å². The second-order valence-electron chi connectivity index (χ2n) is 5.50. The highest BCUT2D eigenvalue weighted by Gasteiger charge is 2.40. The molecule has 2 aliphatic rings. The van der Waals surface area contributed by atoms with E-state index in [1.54, 1.807) is 7.11 Å². The van der Waals surface area contributed by atoms with Crippen molar-refractivity contribution < 1.29 is 14.2 Å². The summed E-state index contributed by atoms with van der Waals surface area (Å²) < 4.78 is 17.0. The van der Waals surface area contributed by atoms with Crippen LogP contribution in [0, 0.1) is 6.92 Å². The number of methoxy groups -OCH3 is 1. The minimum Gasteiger partial charge on any atom is -0.493 e. The molecule has 118 valence electrons. The lowest BCUT2D eigenvalue weighted by atomic mass is 9.90. The predicted molar refractivity (Wildman–Crippen MR) is 83.3 cm³/mol. The van der Waals surface area contributed by atoms with E-state index in [2.05, 4.69) is 10.3 Å². The fourth-order valence-electron chi connectivity index (χ4n) is 3.13. The molecule has 1 saturated carbocycles. The van der Waals surface area contributed by atoms with Gasteiger partial charge < -0.3 is 19.5 Å². The van der Waals surface area contributed by atoms with Crippen molar-refractivity contribution >= 4 is 18.1 Å². The van der Waals surface area contributed by atoms with Gasteiger partial charge in [0.15, 0.2) is 11.5 Å². The molecule has 0 radical (unpaired) electrons. The molecule has 5 nitrogen and oxygen atoms in total. The van der Waals surface area contributed by atoms with Crippen LogP contribution in [-0.4, -0.2) is 37.1 Å². The molecule has 0 atom stereocenters. The van der Waals surface area contributed by atoms with Crippen LogP contribution in [0.4, 0.5) is 5.69 Å². The van der Waals surface area contributed by atoms with Crippen molar-refractivity contribution in [2.24, 2.45) is 0 Å². The van der Waals surface area contributed by atoms with Gasteiger partial charge in [0.25, 0.3) is 0 Å². The summed E-state index contributed by atoms with van der Waals surface area (Å²) >= 11 is 0. The Morgan fingerprint density at radius 3 is 2.57 bits per heavy atom. The van der Waals surface area contributed by atoms with E-state index in [0.717, 1.165) is 56.0 Å². The van der Waals surface area contributed by atoms with E-state index < -0.39 is 0 Å². The zero-order valence-corrected chi connectivity index (χ0v) is 13.4. The zero-order valence-electron chi connectivity index (χ0n) is 12.6. The van der Waals surface area contributed by atoms with Crippen LogP contribution in [0.5, 0.6) is 5.75 Å². The Balaban J connectivity index is 0.00000161. The van der Waals surface area contributed by atoms with Gasteiger partial charge in [0.1, 0.15) is 0 Å². The number of pyridine rings is 1. The van der Waals surface area contributed by atoms with Crippen molar-refractivity contribution in [2.75, 3.05) is 25.6 Å². The maximum atomic E-state index is 5.76. The molecule has 1 aliphatic carbocycles. The molecule has 0 bridgehead atoms. The molecule has 1 aromatic heterocycles. The van der Waals surface area contributed by atoms with E-state index in [-0.39, 0.29) is 18.2 Å². The number of aromatic nitrogens is 1. The topological polar surface area (TPSA) is 52.6 Å². The summed E-state index contributed by atoms with van der Waals surface area (Å²) in [5.41, 5.74) is 1.93. The van der Waals surface area contributed by atoms with E-state index in [1.165, 1.54) is 0 Å². The first kappa shape index (κ1) is 16.3. The lowest BCUT2D eigenvalue weighted by molar-refractivity contribution is -0.177. The summed E-state index contributed by atoms with van der Waals surface area (Å²) in [7, 11) is 1.69. The fourth-order valence-corrected chi connectivity index (χ4v) is 3.13. The number of anilines is 1. The smallest absolute Gasteiger partial charge is 0.168 e. The van der Waals surface area contributed by atoms with Gasteiger partial charge in [-0.2, -0.15) is 0 Å². The van der Waals surface area contributed by atoms with Crippen molar-refractivity contribution in [3.63, 3.8) is 0 Å². The predicted octanol–water partition coefficient (Wildman–Crippen LogP) is 2.92. The Hall–Kier alpha value is -1.04. The van der Waals surface area contributed by atoms with Gasteiger partial charge in [-0.05, 0) is 25.8 Å². The number of rotatable bonds is 3. The fraction of sp³-hybridized carbons (Fsp3) is 0.667. The van der Waals surface area contributed by atoms with Crippen LogP contribution in [0.15, 0.2) is 12.3 Å². The van der Waals surface area contributed by atoms with Crippen LogP contribution >= 0.6 is 12.4 Å². The maximum absolute atomic E-state index is 5.76. The highest BCUT2D eigenvalue weighted by atomic mass is 35.5. The summed E-state index contributed by atoms with van der Waals surface area (Å²) in [5, 5.41) is 3.57. The second kappa shape index (κ2) is 6.81. The molecule has 6 heteroatoms. The largest absolute Gasteiger partial charge is 0.493 e. The number of aryl methyl sites for hydroxylation is 1. The molecule has 2 fully saturated rings. The van der Waals surface area contributed by atoms with Gasteiger partial charge in [-0.1, -0.05) is 0 Å². The quantitative estimate of drug-likeness (QED) is 0.929. The minimum absolute atomic E-state index is 0. The van der Waals surface area contributed by atoms with Crippen molar-refractivity contribution in [2.45, 2.75) is 44.4 Å². The minimum atomic E-state index is -0.295. The van der Waals surface area contributed by atoms with Crippen molar-refractivity contribution in [1.82, 2.24) is 4.98 Å². The Bertz CT molecular complexity index is 468. The third-order valence-corrected chi connectivity index (χ3v) is 4.21. The first-order valence-electron chi connectivity index (χ1n) is 7.26. The van der Waals surface area contributed by atoms with Crippen LogP contribution in [-0.2, 0) is 9.47 Å². The summed E-state index contributed by atoms with van der Waals surface area (Å²) in [6.45, 7) is 3.42. The molecule has 1 saturated heterocycles. The molecule has 21 heavy (non-hydrogen) atoms. The first-order valence-corrected chi connectivity index (χ1v) is 7.26.